The van der Waals surface area contributed by atoms with Crippen LogP contribution >= 0.6 is 0 Å². The Kier molecular flexibility index (Phi) is 5.55. The second-order valence-corrected chi connectivity index (χ2v) is 7.04. The number of piperidine rings is 1. The average Bonchev–Trinajstić information content (AvgIpc) is 2.86. The fourth-order valence-corrected chi connectivity index (χ4v) is 3.51. The van der Waals surface area contributed by atoms with Crippen LogP contribution in [0, 0.1) is 0 Å². The number of nitrogens with two attached hydrogens (primary N) is 1. The van der Waals surface area contributed by atoms with Crippen molar-refractivity contribution in [1.29, 1.82) is 0 Å². The Morgan fingerprint density at radius 2 is 1.93 bits per heavy atom. The first-order valence-electron chi connectivity index (χ1n) is 9.24. The molecule has 0 aromatic heterocycles. The summed E-state index contributed by atoms with van der Waals surface area (Å²) < 4.78 is 0. The summed E-state index contributed by atoms with van der Waals surface area (Å²) in [6, 6.07) is 4.28. The van der Waals surface area contributed by atoms with Gasteiger partial charge in [0, 0.05) is 18.2 Å². The molecule has 2 unspecified atom stereocenters. The molecule has 0 radical (unpaired) electrons. The van der Waals surface area contributed by atoms with Crippen molar-refractivity contribution in [2.45, 2.75) is 51.1 Å². The van der Waals surface area contributed by atoms with Gasteiger partial charge in [0.05, 0.1) is 11.1 Å². The third-order valence-electron chi connectivity index (χ3n) is 4.94. The van der Waals surface area contributed by atoms with Gasteiger partial charge in [0.25, 0.3) is 11.8 Å². The summed E-state index contributed by atoms with van der Waals surface area (Å²) in [7, 11) is 0. The van der Waals surface area contributed by atoms with Crippen LogP contribution in [0.15, 0.2) is 18.2 Å². The van der Waals surface area contributed by atoms with Crippen LogP contribution < -0.4 is 16.4 Å². The van der Waals surface area contributed by atoms with Crippen molar-refractivity contribution in [2.75, 3.05) is 11.9 Å². The van der Waals surface area contributed by atoms with E-state index in [2.05, 4.69) is 10.6 Å². The Balaban J connectivity index is 1.74. The highest BCUT2D eigenvalue weighted by Gasteiger charge is 2.44. The summed E-state index contributed by atoms with van der Waals surface area (Å²) in [6.07, 6.45) is 3.18. The number of anilines is 1. The number of nitrogens with zero attached hydrogens (tertiary/aromatic N) is 1. The SMILES string of the molecule is CC(CCCCN)Nc1ccc2c(c1)C(=O)N(C1CCC(=O)NC1=O)C2=O. The van der Waals surface area contributed by atoms with Gasteiger partial charge >= 0.3 is 0 Å². The molecule has 0 spiro atoms. The van der Waals surface area contributed by atoms with Crippen molar-refractivity contribution in [1.82, 2.24) is 10.2 Å². The van der Waals surface area contributed by atoms with Crippen molar-refractivity contribution in [3.8, 4) is 0 Å². The summed E-state index contributed by atoms with van der Waals surface area (Å²) in [4.78, 5) is 49.8. The van der Waals surface area contributed by atoms with Gasteiger partial charge in [-0.15, -0.1) is 0 Å². The second-order valence-electron chi connectivity index (χ2n) is 7.04. The van der Waals surface area contributed by atoms with Gasteiger partial charge < -0.3 is 11.1 Å². The molecule has 4 amide bonds. The van der Waals surface area contributed by atoms with Gasteiger partial charge in [-0.1, -0.05) is 6.42 Å². The van der Waals surface area contributed by atoms with Crippen molar-refractivity contribution < 1.29 is 19.2 Å². The number of amides is 4. The van der Waals surface area contributed by atoms with Crippen LogP contribution in [0.2, 0.25) is 0 Å². The molecule has 1 fully saturated rings. The van der Waals surface area contributed by atoms with Crippen LogP contribution in [0.3, 0.4) is 0 Å². The van der Waals surface area contributed by atoms with Gasteiger partial charge in [-0.05, 0) is 50.9 Å². The summed E-state index contributed by atoms with van der Waals surface area (Å²) in [5.74, 6) is -1.98. The van der Waals surface area contributed by atoms with Gasteiger partial charge in [-0.25, -0.2) is 0 Å². The lowest BCUT2D eigenvalue weighted by atomic mass is 10.0. The Bertz CT molecular complexity index is 792. The summed E-state index contributed by atoms with van der Waals surface area (Å²) in [6.45, 7) is 2.71. The molecule has 27 heavy (non-hydrogen) atoms. The van der Waals surface area contributed by atoms with Crippen molar-refractivity contribution in [3.63, 3.8) is 0 Å². The van der Waals surface area contributed by atoms with E-state index in [-0.39, 0.29) is 35.9 Å². The molecule has 144 valence electrons. The number of imide groups is 2. The van der Waals surface area contributed by atoms with E-state index in [1.807, 2.05) is 6.92 Å². The number of fused-ring (bicyclic) bond motifs is 1. The van der Waals surface area contributed by atoms with Gasteiger partial charge in [-0.3, -0.25) is 29.4 Å². The molecule has 1 aromatic rings. The maximum Gasteiger partial charge on any atom is 0.262 e. The number of hydrogen-bond donors (Lipinski definition) is 3. The van der Waals surface area contributed by atoms with E-state index in [1.165, 1.54) is 0 Å². The van der Waals surface area contributed by atoms with Gasteiger partial charge in [0.15, 0.2) is 0 Å². The standard InChI is InChI=1S/C19H24N4O4/c1-11(4-2-3-9-20)21-12-5-6-13-14(10-12)19(27)23(18(13)26)15-7-8-16(24)22-17(15)25/h5-6,10-11,15,21H,2-4,7-9,20H2,1H3,(H,22,24,25). The second kappa shape index (κ2) is 7.87. The lowest BCUT2D eigenvalue weighted by molar-refractivity contribution is -0.136. The molecule has 0 saturated carbocycles. The minimum Gasteiger partial charge on any atom is -0.383 e. The zero-order valence-electron chi connectivity index (χ0n) is 15.3. The van der Waals surface area contributed by atoms with E-state index >= 15 is 0 Å². The molecule has 2 heterocycles. The molecule has 3 rings (SSSR count). The molecule has 2 aliphatic rings. The lowest BCUT2D eigenvalue weighted by Crippen LogP contribution is -2.54. The zero-order chi connectivity index (χ0) is 19.6. The summed E-state index contributed by atoms with van der Waals surface area (Å²) in [5.41, 5.74) is 6.82. The smallest absolute Gasteiger partial charge is 0.262 e. The fourth-order valence-electron chi connectivity index (χ4n) is 3.51. The number of nitrogens with one attached hydrogen (secondary N) is 2. The fraction of sp³-hybridized carbons (Fsp3) is 0.474. The van der Waals surface area contributed by atoms with Gasteiger partial charge in [0.1, 0.15) is 6.04 Å². The molecule has 0 aliphatic carbocycles. The van der Waals surface area contributed by atoms with Gasteiger partial charge in [0.2, 0.25) is 11.8 Å². The van der Waals surface area contributed by atoms with Crippen LogP contribution in [0.25, 0.3) is 0 Å². The maximum atomic E-state index is 12.8. The van der Waals surface area contributed by atoms with Crippen LogP contribution in [0.4, 0.5) is 5.69 Å². The number of hydrogen-bond acceptors (Lipinski definition) is 6. The predicted molar refractivity (Wildman–Crippen MR) is 99.1 cm³/mol. The van der Waals surface area contributed by atoms with E-state index in [0.717, 1.165) is 29.8 Å². The molecule has 0 bridgehead atoms. The maximum absolute atomic E-state index is 12.8. The molecule has 1 aromatic carbocycles. The van der Waals surface area contributed by atoms with E-state index in [9.17, 15) is 19.2 Å². The molecular weight excluding hydrogens is 348 g/mol. The highest BCUT2D eigenvalue weighted by molar-refractivity contribution is 6.23. The van der Waals surface area contributed by atoms with Crippen molar-refractivity contribution in [2.24, 2.45) is 5.73 Å². The first-order valence-corrected chi connectivity index (χ1v) is 9.24. The van der Waals surface area contributed by atoms with E-state index in [1.54, 1.807) is 18.2 Å². The molecule has 1 saturated heterocycles. The van der Waals surface area contributed by atoms with E-state index in [0.29, 0.717) is 6.54 Å². The summed E-state index contributed by atoms with van der Waals surface area (Å²) >= 11 is 0. The highest BCUT2D eigenvalue weighted by Crippen LogP contribution is 2.29. The largest absolute Gasteiger partial charge is 0.383 e. The third-order valence-corrected chi connectivity index (χ3v) is 4.94. The van der Waals surface area contributed by atoms with E-state index in [4.69, 9.17) is 5.73 Å². The molecule has 8 nitrogen and oxygen atoms in total. The minimum atomic E-state index is -0.943. The number of carbonyl (C=O) groups excluding carboxylic acids is 4. The quantitative estimate of drug-likeness (QED) is 0.485. The molecule has 2 aliphatic heterocycles. The lowest BCUT2D eigenvalue weighted by Gasteiger charge is -2.27. The van der Waals surface area contributed by atoms with Crippen LogP contribution in [-0.2, 0) is 9.59 Å². The van der Waals surface area contributed by atoms with Crippen LogP contribution in [-0.4, -0.2) is 47.2 Å². The normalized spacial score (nSPS) is 20.5. The van der Waals surface area contributed by atoms with Gasteiger partial charge in [-0.2, -0.15) is 0 Å². The Morgan fingerprint density at radius 1 is 1.19 bits per heavy atom. The number of carbonyl (C=O) groups is 4. The van der Waals surface area contributed by atoms with Crippen LogP contribution in [0.1, 0.15) is 59.7 Å². The zero-order valence-corrected chi connectivity index (χ0v) is 15.3. The first kappa shape index (κ1) is 19.0. The number of rotatable bonds is 7. The van der Waals surface area contributed by atoms with Crippen molar-refractivity contribution >= 4 is 29.3 Å². The average molecular weight is 372 g/mol. The van der Waals surface area contributed by atoms with Crippen LogP contribution in [0.5, 0.6) is 0 Å². The number of unbranched alkanes of at least 4 members (excludes halogenated alkanes) is 1. The Morgan fingerprint density at radius 3 is 2.63 bits per heavy atom. The number of benzene rings is 1. The molecular formula is C19H24N4O4. The molecule has 8 heteroatoms. The highest BCUT2D eigenvalue weighted by atomic mass is 16.2. The molecule has 2 atom stereocenters. The van der Waals surface area contributed by atoms with Crippen molar-refractivity contribution in [3.05, 3.63) is 29.3 Å². The first-order chi connectivity index (χ1) is 12.9. The molecule has 4 N–H and O–H groups in total. The monoisotopic (exact) mass is 372 g/mol. The Hall–Kier alpha value is -2.74. The minimum absolute atomic E-state index is 0.108. The third kappa shape index (κ3) is 3.85. The summed E-state index contributed by atoms with van der Waals surface area (Å²) in [5, 5.41) is 5.52. The predicted octanol–water partition coefficient (Wildman–Crippen LogP) is 1.02. The van der Waals surface area contributed by atoms with E-state index < -0.39 is 23.8 Å². The topological polar surface area (TPSA) is 122 Å². The Labute approximate surface area is 157 Å².